The van der Waals surface area contributed by atoms with Gasteiger partial charge in [-0.3, -0.25) is 14.7 Å². The molecule has 2 aromatic rings. The maximum atomic E-state index is 12.6. The lowest BCUT2D eigenvalue weighted by molar-refractivity contribution is -0.139. The number of aryl methyl sites for hydroxylation is 1. The number of piperidine rings is 1. The highest BCUT2D eigenvalue weighted by Crippen LogP contribution is 2.33. The number of aromatic nitrogens is 1. The van der Waals surface area contributed by atoms with E-state index in [2.05, 4.69) is 16.0 Å². The average molecular weight is 399 g/mol. The number of esters is 1. The predicted octanol–water partition coefficient (Wildman–Crippen LogP) is 3.10. The van der Waals surface area contributed by atoms with E-state index in [9.17, 15) is 9.59 Å². The molecule has 2 heterocycles. The Morgan fingerprint density at radius 1 is 1.28 bits per heavy atom. The molecule has 0 bridgehead atoms. The first-order valence-corrected chi connectivity index (χ1v) is 10.2. The lowest BCUT2D eigenvalue weighted by atomic mass is 9.99. The summed E-state index contributed by atoms with van der Waals surface area (Å²) in [6.07, 6.45) is 3.30. The van der Waals surface area contributed by atoms with E-state index < -0.39 is 5.97 Å². The van der Waals surface area contributed by atoms with Crippen LogP contribution in [0.5, 0.6) is 0 Å². The number of ether oxygens (including phenoxy) is 1. The van der Waals surface area contributed by atoms with E-state index in [-0.39, 0.29) is 18.6 Å². The van der Waals surface area contributed by atoms with Crippen molar-refractivity contribution in [3.05, 3.63) is 35.5 Å². The summed E-state index contributed by atoms with van der Waals surface area (Å²) >= 11 is 0. The van der Waals surface area contributed by atoms with Crippen molar-refractivity contribution in [2.45, 2.75) is 39.7 Å². The number of aliphatic carboxylic acids is 1. The van der Waals surface area contributed by atoms with E-state index in [1.807, 2.05) is 30.9 Å². The largest absolute Gasteiger partial charge is 0.480 e. The maximum Gasteiger partial charge on any atom is 0.341 e. The number of benzene rings is 1. The first kappa shape index (κ1) is 21.0. The topological polar surface area (TPSA) is 83.0 Å². The molecule has 3 rings (SSSR count). The summed E-state index contributed by atoms with van der Waals surface area (Å²) < 4.78 is 5.28. The molecular weight excluding hydrogens is 370 g/mol. The van der Waals surface area contributed by atoms with Gasteiger partial charge in [-0.2, -0.15) is 0 Å². The van der Waals surface area contributed by atoms with Crippen molar-refractivity contribution in [1.82, 2.24) is 9.88 Å². The molecule has 1 saturated heterocycles. The molecular formula is C22H29N3O4. The zero-order chi connectivity index (χ0) is 21.0. The average Bonchev–Trinajstić information content (AvgIpc) is 2.71. The van der Waals surface area contributed by atoms with E-state index in [1.165, 1.54) is 0 Å². The second kappa shape index (κ2) is 9.22. The quantitative estimate of drug-likeness (QED) is 0.716. The molecule has 7 nitrogen and oxygen atoms in total. The summed E-state index contributed by atoms with van der Waals surface area (Å²) in [7, 11) is 0. The van der Waals surface area contributed by atoms with Crippen LogP contribution in [0, 0.1) is 6.92 Å². The Kier molecular flexibility index (Phi) is 6.69. The standard InChI is InChI=1S/C22H29N3O4/c1-4-24(14-20(26)27)16-8-10-25(11-9-16)21-17-12-15(3)6-7-19(17)23-13-18(21)22(28)29-5-2/h6-7,12-13,16H,4-5,8-11,14H2,1-3H3,(H,26,27). The third-order valence-corrected chi connectivity index (χ3v) is 5.53. The Morgan fingerprint density at radius 3 is 2.62 bits per heavy atom. The van der Waals surface area contributed by atoms with Crippen molar-refractivity contribution in [3.8, 4) is 0 Å². The van der Waals surface area contributed by atoms with Crippen molar-refractivity contribution in [2.75, 3.05) is 37.7 Å². The summed E-state index contributed by atoms with van der Waals surface area (Å²) in [4.78, 5) is 32.5. The molecule has 1 N–H and O–H groups in total. The Bertz CT molecular complexity index is 891. The summed E-state index contributed by atoms with van der Waals surface area (Å²) in [5.41, 5.74) is 3.31. The Morgan fingerprint density at radius 2 is 2.00 bits per heavy atom. The number of hydrogen-bond acceptors (Lipinski definition) is 6. The molecule has 0 amide bonds. The van der Waals surface area contributed by atoms with Gasteiger partial charge in [-0.1, -0.05) is 18.6 Å². The maximum absolute atomic E-state index is 12.6. The van der Waals surface area contributed by atoms with Gasteiger partial charge in [-0.05, 0) is 45.4 Å². The van der Waals surface area contributed by atoms with Crippen molar-refractivity contribution in [1.29, 1.82) is 0 Å². The minimum absolute atomic E-state index is 0.0621. The number of fused-ring (bicyclic) bond motifs is 1. The number of pyridine rings is 1. The molecule has 0 aliphatic carbocycles. The van der Waals surface area contributed by atoms with Crippen molar-refractivity contribution >= 4 is 28.5 Å². The molecule has 1 aromatic heterocycles. The van der Waals surface area contributed by atoms with E-state index in [4.69, 9.17) is 9.84 Å². The van der Waals surface area contributed by atoms with Crippen LogP contribution in [-0.4, -0.2) is 65.8 Å². The van der Waals surface area contributed by atoms with Crippen molar-refractivity contribution < 1.29 is 19.4 Å². The van der Waals surface area contributed by atoms with Gasteiger partial charge in [0.25, 0.3) is 0 Å². The molecule has 156 valence electrons. The Hall–Kier alpha value is -2.67. The molecule has 7 heteroatoms. The third kappa shape index (κ3) is 4.67. The van der Waals surface area contributed by atoms with Crippen LogP contribution in [0.25, 0.3) is 10.9 Å². The molecule has 1 fully saturated rings. The number of carboxylic acids is 1. The van der Waals surface area contributed by atoms with Gasteiger partial charge in [-0.25, -0.2) is 4.79 Å². The zero-order valence-electron chi connectivity index (χ0n) is 17.4. The van der Waals surface area contributed by atoms with Crippen LogP contribution in [0.3, 0.4) is 0 Å². The summed E-state index contributed by atoms with van der Waals surface area (Å²) in [5, 5.41) is 10.1. The van der Waals surface area contributed by atoms with Crippen LogP contribution in [0.4, 0.5) is 5.69 Å². The molecule has 1 aliphatic heterocycles. The fraction of sp³-hybridized carbons (Fsp3) is 0.500. The molecule has 0 radical (unpaired) electrons. The summed E-state index contributed by atoms with van der Waals surface area (Å²) in [6.45, 7) is 8.40. The van der Waals surface area contributed by atoms with Crippen LogP contribution in [0.1, 0.15) is 42.6 Å². The Balaban J connectivity index is 1.92. The van der Waals surface area contributed by atoms with Gasteiger partial charge < -0.3 is 14.7 Å². The van der Waals surface area contributed by atoms with Gasteiger partial charge in [0.15, 0.2) is 0 Å². The van der Waals surface area contributed by atoms with Crippen LogP contribution in [0.2, 0.25) is 0 Å². The van der Waals surface area contributed by atoms with E-state index in [0.29, 0.717) is 18.7 Å². The van der Waals surface area contributed by atoms with Gasteiger partial charge >= 0.3 is 11.9 Å². The number of likely N-dealkylation sites (N-methyl/N-ethyl adjacent to an activating group) is 1. The molecule has 29 heavy (non-hydrogen) atoms. The highest BCUT2D eigenvalue weighted by atomic mass is 16.5. The highest BCUT2D eigenvalue weighted by Gasteiger charge is 2.28. The van der Waals surface area contributed by atoms with Crippen molar-refractivity contribution in [2.24, 2.45) is 0 Å². The second-order valence-corrected chi connectivity index (χ2v) is 7.44. The lowest BCUT2D eigenvalue weighted by Crippen LogP contribution is -2.47. The Labute approximate surface area is 171 Å². The smallest absolute Gasteiger partial charge is 0.341 e. The molecule has 1 aromatic carbocycles. The first-order valence-electron chi connectivity index (χ1n) is 10.2. The minimum Gasteiger partial charge on any atom is -0.480 e. The fourth-order valence-electron chi connectivity index (χ4n) is 4.12. The van der Waals surface area contributed by atoms with Gasteiger partial charge in [-0.15, -0.1) is 0 Å². The SMILES string of the molecule is CCOC(=O)c1cnc2ccc(C)cc2c1N1CCC(N(CC)CC(=O)O)CC1. The number of carbonyl (C=O) groups excluding carboxylic acids is 1. The molecule has 0 unspecified atom stereocenters. The second-order valence-electron chi connectivity index (χ2n) is 7.44. The van der Waals surface area contributed by atoms with Crippen LogP contribution >= 0.6 is 0 Å². The summed E-state index contributed by atoms with van der Waals surface area (Å²) in [6, 6.07) is 6.28. The lowest BCUT2D eigenvalue weighted by Gasteiger charge is -2.39. The highest BCUT2D eigenvalue weighted by molar-refractivity contribution is 6.05. The van der Waals surface area contributed by atoms with Crippen molar-refractivity contribution in [3.63, 3.8) is 0 Å². The molecule has 1 aliphatic rings. The molecule has 0 saturated carbocycles. The number of anilines is 1. The van der Waals surface area contributed by atoms with Gasteiger partial charge in [0.2, 0.25) is 0 Å². The number of rotatable bonds is 7. The number of carboxylic acid groups (broad SMARTS) is 1. The first-order chi connectivity index (χ1) is 13.9. The fourth-order valence-corrected chi connectivity index (χ4v) is 4.12. The van der Waals surface area contributed by atoms with E-state index in [1.54, 1.807) is 13.1 Å². The zero-order valence-corrected chi connectivity index (χ0v) is 17.4. The van der Waals surface area contributed by atoms with Gasteiger partial charge in [0, 0.05) is 30.7 Å². The van der Waals surface area contributed by atoms with Gasteiger partial charge in [0.1, 0.15) is 5.56 Å². The van der Waals surface area contributed by atoms with Gasteiger partial charge in [0.05, 0.1) is 24.4 Å². The number of nitrogens with zero attached hydrogens (tertiary/aromatic N) is 3. The normalized spacial score (nSPS) is 15.1. The van der Waals surface area contributed by atoms with Crippen LogP contribution < -0.4 is 4.90 Å². The molecule has 0 atom stereocenters. The third-order valence-electron chi connectivity index (χ3n) is 5.53. The minimum atomic E-state index is -0.797. The van der Waals surface area contributed by atoms with Crippen LogP contribution in [-0.2, 0) is 9.53 Å². The summed E-state index contributed by atoms with van der Waals surface area (Å²) in [5.74, 6) is -1.16. The monoisotopic (exact) mass is 399 g/mol. The predicted molar refractivity (Wildman–Crippen MR) is 113 cm³/mol. The number of carbonyl (C=O) groups is 2. The van der Waals surface area contributed by atoms with Crippen LogP contribution in [0.15, 0.2) is 24.4 Å². The molecule has 0 spiro atoms. The van der Waals surface area contributed by atoms with E-state index >= 15 is 0 Å². The van der Waals surface area contributed by atoms with E-state index in [0.717, 1.165) is 48.1 Å². The number of hydrogen-bond donors (Lipinski definition) is 1.